The molecule has 0 saturated carbocycles. The summed E-state index contributed by atoms with van der Waals surface area (Å²) in [7, 11) is -2.82. The summed E-state index contributed by atoms with van der Waals surface area (Å²) in [5.74, 6) is 0.492. The van der Waals surface area contributed by atoms with Crippen LogP contribution in [-0.2, 0) is 9.84 Å². The zero-order chi connectivity index (χ0) is 12.5. The normalized spacial score (nSPS) is 22.5. The molecule has 1 aliphatic heterocycles. The van der Waals surface area contributed by atoms with Gasteiger partial charge in [0.2, 0.25) is 0 Å². The lowest BCUT2D eigenvalue weighted by Gasteiger charge is -2.33. The fourth-order valence-corrected chi connectivity index (χ4v) is 4.81. The molecule has 4 nitrogen and oxygen atoms in total. The van der Waals surface area contributed by atoms with Crippen molar-refractivity contribution in [3.8, 4) is 0 Å². The molecule has 2 rings (SSSR count). The van der Waals surface area contributed by atoms with Crippen LogP contribution in [0.15, 0.2) is 15.9 Å². The number of rotatable bonds is 3. The molecule has 1 aromatic rings. The molecule has 0 aromatic carbocycles. The third kappa shape index (κ3) is 3.29. The second kappa shape index (κ2) is 5.36. The lowest BCUT2D eigenvalue weighted by Crippen LogP contribution is -2.44. The van der Waals surface area contributed by atoms with Gasteiger partial charge in [0.1, 0.15) is 0 Å². The zero-order valence-corrected chi connectivity index (χ0v) is 12.5. The fourth-order valence-electron chi connectivity index (χ4n) is 1.99. The largest absolute Gasteiger partial charge is 0.329 e. The highest BCUT2D eigenvalue weighted by Gasteiger charge is 2.27. The van der Waals surface area contributed by atoms with Crippen molar-refractivity contribution >= 4 is 37.1 Å². The first-order chi connectivity index (χ1) is 8.02. The van der Waals surface area contributed by atoms with Crippen LogP contribution in [0.2, 0.25) is 0 Å². The van der Waals surface area contributed by atoms with E-state index in [4.69, 9.17) is 5.73 Å². The molecule has 7 heteroatoms. The Morgan fingerprint density at radius 1 is 1.47 bits per heavy atom. The van der Waals surface area contributed by atoms with Crippen LogP contribution in [0.4, 0.5) is 0 Å². The number of sulfone groups is 1. The average Bonchev–Trinajstić information content (AvgIpc) is 2.68. The second-order valence-corrected chi connectivity index (χ2v) is 8.27. The highest BCUT2D eigenvalue weighted by molar-refractivity contribution is 9.10. The molecule has 0 spiro atoms. The Morgan fingerprint density at radius 3 is 2.59 bits per heavy atom. The van der Waals surface area contributed by atoms with E-state index in [1.54, 1.807) is 11.3 Å². The van der Waals surface area contributed by atoms with Gasteiger partial charge in [0, 0.05) is 34.4 Å². The minimum atomic E-state index is -2.82. The van der Waals surface area contributed by atoms with Crippen molar-refractivity contribution < 1.29 is 8.42 Å². The van der Waals surface area contributed by atoms with E-state index in [0.29, 0.717) is 19.6 Å². The topological polar surface area (TPSA) is 63.4 Å². The maximum absolute atomic E-state index is 11.4. The first-order valence-electron chi connectivity index (χ1n) is 5.40. The maximum atomic E-state index is 11.4. The molecule has 0 aliphatic carbocycles. The van der Waals surface area contributed by atoms with Crippen LogP contribution in [0.1, 0.15) is 10.9 Å². The highest BCUT2D eigenvalue weighted by atomic mass is 79.9. The van der Waals surface area contributed by atoms with Gasteiger partial charge in [-0.05, 0) is 22.0 Å². The van der Waals surface area contributed by atoms with Crippen molar-refractivity contribution in [2.24, 2.45) is 5.73 Å². The van der Waals surface area contributed by atoms with Gasteiger partial charge in [0.25, 0.3) is 0 Å². The van der Waals surface area contributed by atoms with Gasteiger partial charge in [-0.3, -0.25) is 4.90 Å². The minimum absolute atomic E-state index is 0.141. The zero-order valence-electron chi connectivity index (χ0n) is 9.30. The molecular weight excluding hydrogens is 324 g/mol. The maximum Gasteiger partial charge on any atom is 0.152 e. The summed E-state index contributed by atoms with van der Waals surface area (Å²) in [6.07, 6.45) is 0. The molecule has 1 fully saturated rings. The van der Waals surface area contributed by atoms with Crippen LogP contribution in [0, 0.1) is 0 Å². The lowest BCUT2D eigenvalue weighted by molar-refractivity contribution is 0.222. The standard InChI is InChI=1S/C10H15BrN2O2S2/c11-8-5-10(16-7-8)9(6-12)13-1-3-17(14,15)4-2-13/h5,7,9H,1-4,6,12H2. The molecule has 0 amide bonds. The molecule has 0 bridgehead atoms. The van der Waals surface area contributed by atoms with Crippen molar-refractivity contribution in [1.82, 2.24) is 4.90 Å². The van der Waals surface area contributed by atoms with E-state index in [-0.39, 0.29) is 17.5 Å². The summed E-state index contributed by atoms with van der Waals surface area (Å²) in [5.41, 5.74) is 5.81. The van der Waals surface area contributed by atoms with E-state index in [1.165, 1.54) is 4.88 Å². The fraction of sp³-hybridized carbons (Fsp3) is 0.600. The van der Waals surface area contributed by atoms with Gasteiger partial charge in [-0.1, -0.05) is 0 Å². The summed E-state index contributed by atoms with van der Waals surface area (Å²) in [4.78, 5) is 3.36. The highest BCUT2D eigenvalue weighted by Crippen LogP contribution is 2.29. The van der Waals surface area contributed by atoms with Crippen LogP contribution >= 0.6 is 27.3 Å². The summed E-state index contributed by atoms with van der Waals surface area (Å²) in [6.45, 7) is 1.69. The van der Waals surface area contributed by atoms with Gasteiger partial charge >= 0.3 is 0 Å². The van der Waals surface area contributed by atoms with Crippen LogP contribution in [0.5, 0.6) is 0 Å². The number of nitrogens with two attached hydrogens (primary N) is 1. The SMILES string of the molecule is NCC(c1cc(Br)cs1)N1CCS(=O)(=O)CC1. The van der Waals surface area contributed by atoms with E-state index in [9.17, 15) is 8.42 Å². The molecule has 1 aliphatic rings. The average molecular weight is 339 g/mol. The van der Waals surface area contributed by atoms with Crippen molar-refractivity contribution in [1.29, 1.82) is 0 Å². The molecule has 1 aromatic heterocycles. The lowest BCUT2D eigenvalue weighted by atomic mass is 10.2. The van der Waals surface area contributed by atoms with Gasteiger partial charge in [-0.15, -0.1) is 11.3 Å². The molecule has 1 saturated heterocycles. The first kappa shape index (κ1) is 13.5. The van der Waals surface area contributed by atoms with Crippen LogP contribution in [-0.4, -0.2) is 44.5 Å². The summed E-state index contributed by atoms with van der Waals surface area (Å²) >= 11 is 5.08. The number of thiophene rings is 1. The van der Waals surface area contributed by atoms with E-state index in [2.05, 4.69) is 26.9 Å². The Hall–Kier alpha value is 0.0500. The second-order valence-electron chi connectivity index (χ2n) is 4.11. The molecule has 96 valence electrons. The van der Waals surface area contributed by atoms with Crippen LogP contribution < -0.4 is 5.73 Å². The van der Waals surface area contributed by atoms with Gasteiger partial charge < -0.3 is 5.73 Å². The van der Waals surface area contributed by atoms with Gasteiger partial charge in [0.15, 0.2) is 9.84 Å². The number of nitrogens with zero attached hydrogens (tertiary/aromatic N) is 1. The number of hydrogen-bond donors (Lipinski definition) is 1. The van der Waals surface area contributed by atoms with E-state index in [1.807, 2.05) is 5.38 Å². The summed E-state index contributed by atoms with van der Waals surface area (Å²) in [6, 6.07) is 2.20. The predicted octanol–water partition coefficient (Wildman–Crippen LogP) is 1.24. The minimum Gasteiger partial charge on any atom is -0.329 e. The Balaban J connectivity index is 2.10. The molecule has 2 N–H and O–H groups in total. The summed E-state index contributed by atoms with van der Waals surface area (Å²) < 4.78 is 23.8. The molecule has 17 heavy (non-hydrogen) atoms. The third-order valence-electron chi connectivity index (χ3n) is 2.96. The van der Waals surface area contributed by atoms with Crippen molar-refractivity contribution in [3.05, 3.63) is 20.8 Å². The Bertz CT molecular complexity index is 472. The number of hydrogen-bond acceptors (Lipinski definition) is 5. The summed E-state index contributed by atoms with van der Waals surface area (Å²) in [5, 5.41) is 2.03. The Morgan fingerprint density at radius 2 is 2.12 bits per heavy atom. The van der Waals surface area contributed by atoms with Gasteiger partial charge in [-0.2, -0.15) is 0 Å². The number of halogens is 1. The quantitative estimate of drug-likeness (QED) is 0.900. The Kier molecular flexibility index (Phi) is 4.25. The van der Waals surface area contributed by atoms with Crippen LogP contribution in [0.3, 0.4) is 0 Å². The van der Waals surface area contributed by atoms with Gasteiger partial charge in [-0.25, -0.2) is 8.42 Å². The molecular formula is C10H15BrN2O2S2. The Labute approximate surface area is 114 Å². The molecule has 1 atom stereocenters. The third-order valence-corrected chi connectivity index (χ3v) is 6.36. The smallest absolute Gasteiger partial charge is 0.152 e. The van der Waals surface area contributed by atoms with Crippen molar-refractivity contribution in [2.45, 2.75) is 6.04 Å². The predicted molar refractivity (Wildman–Crippen MR) is 74.0 cm³/mol. The van der Waals surface area contributed by atoms with Crippen molar-refractivity contribution in [3.63, 3.8) is 0 Å². The van der Waals surface area contributed by atoms with Crippen molar-refractivity contribution in [2.75, 3.05) is 31.1 Å². The van der Waals surface area contributed by atoms with Crippen LogP contribution in [0.25, 0.3) is 0 Å². The first-order valence-corrected chi connectivity index (χ1v) is 8.90. The molecule has 1 unspecified atom stereocenters. The van der Waals surface area contributed by atoms with Gasteiger partial charge in [0.05, 0.1) is 17.5 Å². The molecule has 0 radical (unpaired) electrons. The van der Waals surface area contributed by atoms with E-state index >= 15 is 0 Å². The van der Waals surface area contributed by atoms with E-state index in [0.717, 1.165) is 4.47 Å². The van der Waals surface area contributed by atoms with E-state index < -0.39 is 9.84 Å². The molecule has 2 heterocycles. The monoisotopic (exact) mass is 338 g/mol.